The van der Waals surface area contributed by atoms with Crippen LogP contribution in [0.15, 0.2) is 9.59 Å². The third-order valence-corrected chi connectivity index (χ3v) is 2.74. The number of hydrogen-bond donors (Lipinski definition) is 1. The summed E-state index contributed by atoms with van der Waals surface area (Å²) >= 11 is 0. The predicted octanol–water partition coefficient (Wildman–Crippen LogP) is 0.553. The van der Waals surface area contributed by atoms with Crippen molar-refractivity contribution < 1.29 is 9.47 Å². The highest BCUT2D eigenvalue weighted by Crippen LogP contribution is 1.98. The number of aromatic amines is 1. The van der Waals surface area contributed by atoms with E-state index in [0.29, 0.717) is 24.3 Å². The molecule has 0 aliphatic rings. The van der Waals surface area contributed by atoms with Crippen LogP contribution in [0.1, 0.15) is 25.0 Å². The topological polar surface area (TPSA) is 73.3 Å². The van der Waals surface area contributed by atoms with Crippen LogP contribution in [0.5, 0.6) is 0 Å². The summed E-state index contributed by atoms with van der Waals surface area (Å²) in [7, 11) is 0. The van der Waals surface area contributed by atoms with Crippen molar-refractivity contribution in [3.05, 3.63) is 31.8 Å². The Kier molecular flexibility index (Phi) is 5.30. The second kappa shape index (κ2) is 6.51. The third kappa shape index (κ3) is 3.30. The molecule has 1 rings (SSSR count). The summed E-state index contributed by atoms with van der Waals surface area (Å²) < 4.78 is 11.9. The van der Waals surface area contributed by atoms with Gasteiger partial charge in [0.1, 0.15) is 0 Å². The van der Waals surface area contributed by atoms with Crippen LogP contribution in [-0.4, -0.2) is 29.3 Å². The molecule has 0 bridgehead atoms. The van der Waals surface area contributed by atoms with E-state index in [1.807, 2.05) is 13.8 Å². The number of ether oxygens (including phenoxy) is 2. The van der Waals surface area contributed by atoms with Gasteiger partial charge in [0.2, 0.25) is 0 Å². The Morgan fingerprint density at radius 2 is 1.67 bits per heavy atom. The summed E-state index contributed by atoms with van der Waals surface area (Å²) in [6, 6.07) is 0. The number of nitrogens with zero attached hydrogens (tertiary/aromatic N) is 1. The zero-order valence-corrected chi connectivity index (χ0v) is 11.3. The first kappa shape index (κ1) is 14.7. The lowest BCUT2D eigenvalue weighted by Gasteiger charge is -2.18. The number of nitrogens with one attached hydrogen (secondary N) is 1. The number of hydrogen-bond acceptors (Lipinski definition) is 4. The van der Waals surface area contributed by atoms with Crippen LogP contribution < -0.4 is 11.1 Å². The Morgan fingerprint density at radius 3 is 2.17 bits per heavy atom. The van der Waals surface area contributed by atoms with E-state index in [-0.39, 0.29) is 17.7 Å². The first-order valence-electron chi connectivity index (χ1n) is 6.04. The zero-order valence-electron chi connectivity index (χ0n) is 11.3. The standard InChI is InChI=1S/C12H20N2O4/c1-5-17-10(18-6-2)7-14-12(16)9(4)8(3)11(15)13-14/h10H,5-7H2,1-4H3,(H,13,15). The maximum atomic E-state index is 12.0. The van der Waals surface area contributed by atoms with Gasteiger partial charge in [-0.3, -0.25) is 14.7 Å². The molecule has 102 valence electrons. The molecular weight excluding hydrogens is 236 g/mol. The molecule has 0 amide bonds. The van der Waals surface area contributed by atoms with Crippen molar-refractivity contribution in [1.29, 1.82) is 0 Å². The molecule has 0 aromatic carbocycles. The molecular formula is C12H20N2O4. The van der Waals surface area contributed by atoms with E-state index in [1.165, 1.54) is 4.68 Å². The normalized spacial score (nSPS) is 11.2. The van der Waals surface area contributed by atoms with Gasteiger partial charge in [0.25, 0.3) is 11.1 Å². The van der Waals surface area contributed by atoms with Gasteiger partial charge >= 0.3 is 0 Å². The lowest BCUT2D eigenvalue weighted by atomic mass is 10.2. The minimum Gasteiger partial charge on any atom is -0.351 e. The minimum atomic E-state index is -0.532. The molecule has 1 N–H and O–H groups in total. The van der Waals surface area contributed by atoms with E-state index in [2.05, 4.69) is 5.10 Å². The van der Waals surface area contributed by atoms with Gasteiger partial charge < -0.3 is 9.47 Å². The van der Waals surface area contributed by atoms with Gasteiger partial charge in [-0.15, -0.1) is 0 Å². The van der Waals surface area contributed by atoms with Gasteiger partial charge in [0.15, 0.2) is 6.29 Å². The molecule has 0 fully saturated rings. The molecule has 0 aliphatic carbocycles. The molecule has 18 heavy (non-hydrogen) atoms. The SMILES string of the molecule is CCOC(Cn1[nH]c(=O)c(C)c(C)c1=O)OCC. The molecule has 0 aliphatic heterocycles. The average Bonchev–Trinajstić information content (AvgIpc) is 2.34. The van der Waals surface area contributed by atoms with Crippen LogP contribution in [0.2, 0.25) is 0 Å². The number of rotatable bonds is 6. The van der Waals surface area contributed by atoms with Gasteiger partial charge in [0, 0.05) is 24.3 Å². The summed E-state index contributed by atoms with van der Waals surface area (Å²) in [5.41, 5.74) is 0.404. The molecule has 0 saturated carbocycles. The lowest BCUT2D eigenvalue weighted by molar-refractivity contribution is -0.145. The maximum absolute atomic E-state index is 12.0. The van der Waals surface area contributed by atoms with E-state index in [9.17, 15) is 9.59 Å². The van der Waals surface area contributed by atoms with E-state index in [4.69, 9.17) is 9.47 Å². The second-order valence-electron chi connectivity index (χ2n) is 3.95. The monoisotopic (exact) mass is 256 g/mol. The van der Waals surface area contributed by atoms with E-state index >= 15 is 0 Å². The van der Waals surface area contributed by atoms with Crippen molar-refractivity contribution in [3.8, 4) is 0 Å². The van der Waals surface area contributed by atoms with Crippen LogP contribution in [0.3, 0.4) is 0 Å². The third-order valence-electron chi connectivity index (χ3n) is 2.74. The molecule has 0 saturated heterocycles. The highest BCUT2D eigenvalue weighted by molar-refractivity contribution is 5.17. The summed E-state index contributed by atoms with van der Waals surface area (Å²) in [6.07, 6.45) is -0.532. The van der Waals surface area contributed by atoms with E-state index in [1.54, 1.807) is 13.8 Å². The molecule has 1 heterocycles. The predicted molar refractivity (Wildman–Crippen MR) is 67.8 cm³/mol. The van der Waals surface area contributed by atoms with Crippen molar-refractivity contribution in [2.45, 2.75) is 40.5 Å². The summed E-state index contributed by atoms with van der Waals surface area (Å²) in [5, 5.41) is 2.52. The molecule has 6 heteroatoms. The average molecular weight is 256 g/mol. The van der Waals surface area contributed by atoms with Crippen molar-refractivity contribution in [2.24, 2.45) is 0 Å². The fourth-order valence-electron chi connectivity index (χ4n) is 1.59. The van der Waals surface area contributed by atoms with E-state index in [0.717, 1.165) is 0 Å². The number of H-pyrrole nitrogens is 1. The zero-order chi connectivity index (χ0) is 13.7. The fraction of sp³-hybridized carbons (Fsp3) is 0.667. The molecule has 0 unspecified atom stereocenters. The highest BCUT2D eigenvalue weighted by Gasteiger charge is 2.13. The van der Waals surface area contributed by atoms with Crippen LogP contribution in [0.25, 0.3) is 0 Å². The Labute approximate surface area is 106 Å². The van der Waals surface area contributed by atoms with E-state index < -0.39 is 6.29 Å². The van der Waals surface area contributed by atoms with Crippen molar-refractivity contribution >= 4 is 0 Å². The Bertz CT molecular complexity index is 498. The number of aromatic nitrogens is 2. The molecule has 0 atom stereocenters. The molecule has 1 aromatic heterocycles. The van der Waals surface area contributed by atoms with Gasteiger partial charge in [-0.2, -0.15) is 0 Å². The van der Waals surface area contributed by atoms with Gasteiger partial charge in [-0.25, -0.2) is 4.68 Å². The first-order chi connectivity index (χ1) is 8.51. The van der Waals surface area contributed by atoms with Crippen LogP contribution >= 0.6 is 0 Å². The van der Waals surface area contributed by atoms with Gasteiger partial charge in [-0.05, 0) is 27.7 Å². The quantitative estimate of drug-likeness (QED) is 0.754. The van der Waals surface area contributed by atoms with Crippen molar-refractivity contribution in [3.63, 3.8) is 0 Å². The van der Waals surface area contributed by atoms with Crippen molar-refractivity contribution in [2.75, 3.05) is 13.2 Å². The summed E-state index contributed by atoms with van der Waals surface area (Å²) in [4.78, 5) is 23.6. The second-order valence-corrected chi connectivity index (χ2v) is 3.95. The summed E-state index contributed by atoms with van der Waals surface area (Å²) in [6.45, 7) is 8.10. The highest BCUT2D eigenvalue weighted by atomic mass is 16.7. The lowest BCUT2D eigenvalue weighted by Crippen LogP contribution is -2.37. The Balaban J connectivity index is 3.03. The first-order valence-corrected chi connectivity index (χ1v) is 6.04. The van der Waals surface area contributed by atoms with Crippen LogP contribution in [0.4, 0.5) is 0 Å². The smallest absolute Gasteiger partial charge is 0.268 e. The fourth-order valence-corrected chi connectivity index (χ4v) is 1.59. The van der Waals surface area contributed by atoms with Crippen molar-refractivity contribution in [1.82, 2.24) is 9.78 Å². The Hall–Kier alpha value is -1.40. The molecule has 0 spiro atoms. The van der Waals surface area contributed by atoms with Crippen LogP contribution in [0, 0.1) is 13.8 Å². The van der Waals surface area contributed by atoms with Gasteiger partial charge in [0.05, 0.1) is 6.54 Å². The minimum absolute atomic E-state index is 0.177. The largest absolute Gasteiger partial charge is 0.351 e. The van der Waals surface area contributed by atoms with Gasteiger partial charge in [-0.1, -0.05) is 0 Å². The Morgan fingerprint density at radius 1 is 1.11 bits per heavy atom. The van der Waals surface area contributed by atoms with Crippen LogP contribution in [-0.2, 0) is 16.0 Å². The summed E-state index contributed by atoms with van der Waals surface area (Å²) in [5.74, 6) is 0. The molecule has 0 radical (unpaired) electrons. The molecule has 1 aromatic rings. The maximum Gasteiger partial charge on any atom is 0.268 e. The molecule has 6 nitrogen and oxygen atoms in total.